The first kappa shape index (κ1) is 19.0. The van der Waals surface area contributed by atoms with Crippen LogP contribution >= 0.6 is 0 Å². The summed E-state index contributed by atoms with van der Waals surface area (Å²) in [7, 11) is -3.85. The second kappa shape index (κ2) is 8.02. The lowest BCUT2D eigenvalue weighted by Gasteiger charge is -2.20. The lowest BCUT2D eigenvalue weighted by atomic mass is 10.3. The highest BCUT2D eigenvalue weighted by Crippen LogP contribution is 2.29. The van der Waals surface area contributed by atoms with Crippen LogP contribution in [-0.4, -0.2) is 36.4 Å². The summed E-state index contributed by atoms with van der Waals surface area (Å²) in [5.41, 5.74) is 3.42. The zero-order chi connectivity index (χ0) is 17.6. The molecule has 0 unspecified atom stereocenters. The first-order valence-corrected chi connectivity index (χ1v) is 8.79. The van der Waals surface area contributed by atoms with Gasteiger partial charge in [-0.1, -0.05) is 20.8 Å². The van der Waals surface area contributed by atoms with Crippen LogP contribution in [0.15, 0.2) is 28.2 Å². The zero-order valence-electron chi connectivity index (χ0n) is 13.7. The predicted molar refractivity (Wildman–Crippen MR) is 90.2 cm³/mol. The van der Waals surface area contributed by atoms with E-state index in [1.165, 1.54) is 16.4 Å². The Labute approximate surface area is 136 Å². The van der Waals surface area contributed by atoms with E-state index >= 15 is 0 Å². The molecule has 0 bridgehead atoms. The number of nitrogens with one attached hydrogen (secondary N) is 1. The molecule has 9 heteroatoms. The van der Waals surface area contributed by atoms with Crippen molar-refractivity contribution in [2.75, 3.05) is 18.5 Å². The minimum atomic E-state index is -3.85. The molecule has 1 rings (SSSR count). The Morgan fingerprint density at radius 2 is 1.91 bits per heavy atom. The molecule has 0 aliphatic rings. The standard InChI is InChI=1S/C14H22N4O4S/c1-5-11(4)15-16-13-9-8-12(18(19)20)10-14(13)23(21,22)17(6-2)7-3/h8-10,16H,5-7H2,1-4H3/b15-11-. The molecule has 0 atom stereocenters. The minimum absolute atomic E-state index is 0.150. The van der Waals surface area contributed by atoms with Crippen molar-refractivity contribution in [3.8, 4) is 0 Å². The number of hydrogen-bond acceptors (Lipinski definition) is 6. The number of nitro benzene ring substituents is 1. The van der Waals surface area contributed by atoms with E-state index in [-0.39, 0.29) is 29.4 Å². The first-order chi connectivity index (χ1) is 10.8. The number of benzene rings is 1. The molecular weight excluding hydrogens is 320 g/mol. The molecular formula is C14H22N4O4S. The number of nitrogens with zero attached hydrogens (tertiary/aromatic N) is 3. The Morgan fingerprint density at radius 3 is 2.39 bits per heavy atom. The van der Waals surface area contributed by atoms with Crippen molar-refractivity contribution in [2.24, 2.45) is 5.10 Å². The van der Waals surface area contributed by atoms with Crippen LogP contribution < -0.4 is 5.43 Å². The number of hydrazone groups is 1. The number of anilines is 1. The molecule has 1 aromatic carbocycles. The van der Waals surface area contributed by atoms with E-state index in [1.54, 1.807) is 20.8 Å². The number of non-ortho nitro benzene ring substituents is 1. The lowest BCUT2D eigenvalue weighted by molar-refractivity contribution is -0.385. The van der Waals surface area contributed by atoms with E-state index < -0.39 is 14.9 Å². The molecule has 0 radical (unpaired) electrons. The van der Waals surface area contributed by atoms with Gasteiger partial charge in [-0.15, -0.1) is 0 Å². The van der Waals surface area contributed by atoms with E-state index in [0.717, 1.165) is 11.8 Å². The van der Waals surface area contributed by atoms with Gasteiger partial charge in [-0.25, -0.2) is 8.42 Å². The fraction of sp³-hybridized carbons (Fsp3) is 0.500. The lowest BCUT2D eigenvalue weighted by Crippen LogP contribution is -2.31. The third-order valence-corrected chi connectivity index (χ3v) is 5.47. The van der Waals surface area contributed by atoms with Crippen LogP contribution in [0, 0.1) is 10.1 Å². The largest absolute Gasteiger partial charge is 0.277 e. The van der Waals surface area contributed by atoms with E-state index in [4.69, 9.17) is 0 Å². The van der Waals surface area contributed by atoms with Crippen molar-refractivity contribution in [3.05, 3.63) is 28.3 Å². The van der Waals surface area contributed by atoms with Crippen LogP contribution in [0.2, 0.25) is 0 Å². The van der Waals surface area contributed by atoms with Crippen molar-refractivity contribution < 1.29 is 13.3 Å². The highest BCUT2D eigenvalue weighted by Gasteiger charge is 2.27. The third kappa shape index (κ3) is 4.49. The zero-order valence-corrected chi connectivity index (χ0v) is 14.6. The molecule has 0 saturated heterocycles. The Morgan fingerprint density at radius 1 is 1.30 bits per heavy atom. The van der Waals surface area contributed by atoms with Crippen molar-refractivity contribution in [1.29, 1.82) is 0 Å². The van der Waals surface area contributed by atoms with Gasteiger partial charge in [0.05, 0.1) is 10.6 Å². The van der Waals surface area contributed by atoms with E-state index in [2.05, 4.69) is 10.5 Å². The average molecular weight is 342 g/mol. The number of rotatable bonds is 8. The minimum Gasteiger partial charge on any atom is -0.277 e. The topological polar surface area (TPSA) is 105 Å². The Balaban J connectivity index is 3.45. The van der Waals surface area contributed by atoms with Gasteiger partial charge >= 0.3 is 0 Å². The molecule has 0 aliphatic heterocycles. The quantitative estimate of drug-likeness (QED) is 0.444. The van der Waals surface area contributed by atoms with Gasteiger partial charge in [-0.3, -0.25) is 15.5 Å². The van der Waals surface area contributed by atoms with Crippen LogP contribution in [0.4, 0.5) is 11.4 Å². The molecule has 1 aromatic rings. The van der Waals surface area contributed by atoms with Crippen molar-refractivity contribution >= 4 is 27.1 Å². The monoisotopic (exact) mass is 342 g/mol. The van der Waals surface area contributed by atoms with Crippen LogP contribution in [-0.2, 0) is 10.0 Å². The summed E-state index contributed by atoms with van der Waals surface area (Å²) in [5.74, 6) is 0. The molecule has 0 aliphatic carbocycles. The molecule has 0 aromatic heterocycles. The molecule has 23 heavy (non-hydrogen) atoms. The first-order valence-electron chi connectivity index (χ1n) is 7.35. The summed E-state index contributed by atoms with van der Waals surface area (Å²) < 4.78 is 26.7. The maximum atomic E-state index is 12.7. The van der Waals surface area contributed by atoms with Gasteiger partial charge in [0.15, 0.2) is 0 Å². The van der Waals surface area contributed by atoms with Crippen LogP contribution in [0.3, 0.4) is 0 Å². The molecule has 128 valence electrons. The summed E-state index contributed by atoms with van der Waals surface area (Å²) in [5, 5.41) is 15.0. The van der Waals surface area contributed by atoms with Gasteiger partial charge in [0.1, 0.15) is 4.90 Å². The second-order valence-corrected chi connectivity index (χ2v) is 6.75. The Bertz CT molecular complexity index is 697. The summed E-state index contributed by atoms with van der Waals surface area (Å²) in [6.45, 7) is 7.70. The second-order valence-electron chi connectivity index (χ2n) is 4.84. The summed E-state index contributed by atoms with van der Waals surface area (Å²) in [6.07, 6.45) is 0.706. The smallest absolute Gasteiger partial charge is 0.270 e. The number of hydrogen-bond donors (Lipinski definition) is 1. The van der Waals surface area contributed by atoms with Gasteiger partial charge in [-0.05, 0) is 19.4 Å². The summed E-state index contributed by atoms with van der Waals surface area (Å²) in [4.78, 5) is 10.2. The van der Waals surface area contributed by atoms with Crippen molar-refractivity contribution in [3.63, 3.8) is 0 Å². The normalized spacial score (nSPS) is 12.5. The highest BCUT2D eigenvalue weighted by molar-refractivity contribution is 7.89. The maximum Gasteiger partial charge on any atom is 0.270 e. The third-order valence-electron chi connectivity index (χ3n) is 3.38. The van der Waals surface area contributed by atoms with Gasteiger partial charge < -0.3 is 0 Å². The van der Waals surface area contributed by atoms with Crippen LogP contribution in [0.25, 0.3) is 0 Å². The van der Waals surface area contributed by atoms with E-state index in [9.17, 15) is 18.5 Å². The van der Waals surface area contributed by atoms with Crippen molar-refractivity contribution in [1.82, 2.24) is 4.31 Å². The summed E-state index contributed by atoms with van der Waals surface area (Å²) in [6, 6.07) is 3.67. The van der Waals surface area contributed by atoms with Gasteiger partial charge in [0.25, 0.3) is 5.69 Å². The fourth-order valence-electron chi connectivity index (χ4n) is 1.87. The Kier molecular flexibility index (Phi) is 6.64. The van der Waals surface area contributed by atoms with Crippen molar-refractivity contribution in [2.45, 2.75) is 39.0 Å². The Hall–Kier alpha value is -2.00. The molecule has 0 amide bonds. The van der Waals surface area contributed by atoms with E-state index in [0.29, 0.717) is 6.42 Å². The predicted octanol–water partition coefficient (Wildman–Crippen LogP) is 2.82. The highest BCUT2D eigenvalue weighted by atomic mass is 32.2. The molecule has 0 heterocycles. The molecule has 1 N–H and O–H groups in total. The van der Waals surface area contributed by atoms with Gasteiger partial charge in [0.2, 0.25) is 10.0 Å². The molecule has 0 fully saturated rings. The van der Waals surface area contributed by atoms with Gasteiger partial charge in [-0.2, -0.15) is 9.41 Å². The van der Waals surface area contributed by atoms with Crippen LogP contribution in [0.5, 0.6) is 0 Å². The van der Waals surface area contributed by atoms with Gasteiger partial charge in [0, 0.05) is 30.9 Å². The molecule has 0 saturated carbocycles. The SMILES string of the molecule is CC/C(C)=N\Nc1ccc([N+](=O)[O-])cc1S(=O)(=O)N(CC)CC. The van der Waals surface area contributed by atoms with E-state index in [1.807, 2.05) is 6.92 Å². The fourth-order valence-corrected chi connectivity index (χ4v) is 3.49. The molecule has 8 nitrogen and oxygen atoms in total. The summed E-state index contributed by atoms with van der Waals surface area (Å²) >= 11 is 0. The average Bonchev–Trinajstić information content (AvgIpc) is 2.53. The van der Waals surface area contributed by atoms with Crippen LogP contribution in [0.1, 0.15) is 34.1 Å². The molecule has 0 spiro atoms. The number of sulfonamides is 1. The maximum absolute atomic E-state index is 12.7. The number of nitro groups is 1.